The second-order valence-electron chi connectivity index (χ2n) is 7.06. The Hall–Kier alpha value is -3.92. The molecule has 0 unspecified atom stereocenters. The Morgan fingerprint density at radius 2 is 1.36 bits per heavy atom. The van der Waals surface area contributed by atoms with Gasteiger partial charge >= 0.3 is 0 Å². The van der Waals surface area contributed by atoms with E-state index < -0.39 is 46.0 Å². The summed E-state index contributed by atoms with van der Waals surface area (Å²) in [7, 11) is 0. The zero-order valence-corrected chi connectivity index (χ0v) is 17.1. The molecular formula is C26H14F6O. The van der Waals surface area contributed by atoms with Crippen LogP contribution in [0.15, 0.2) is 54.6 Å². The van der Waals surface area contributed by atoms with Crippen molar-refractivity contribution in [2.45, 2.75) is 6.92 Å². The molecule has 0 radical (unpaired) electrons. The molecule has 0 bridgehead atoms. The number of rotatable bonds is 3. The molecule has 4 rings (SSSR count). The lowest BCUT2D eigenvalue weighted by Crippen LogP contribution is -1.98. The zero-order chi connectivity index (χ0) is 23.7. The third-order valence-electron chi connectivity index (χ3n) is 4.90. The molecule has 4 aromatic rings. The number of ether oxygens (including phenoxy) is 1. The minimum Gasteiger partial charge on any atom is -0.494 e. The van der Waals surface area contributed by atoms with Gasteiger partial charge in [0.25, 0.3) is 0 Å². The Morgan fingerprint density at radius 1 is 0.697 bits per heavy atom. The highest BCUT2D eigenvalue weighted by atomic mass is 19.2. The van der Waals surface area contributed by atoms with E-state index in [1.165, 1.54) is 24.3 Å². The van der Waals surface area contributed by atoms with Gasteiger partial charge in [0.1, 0.15) is 29.0 Å². The first-order valence-electron chi connectivity index (χ1n) is 9.79. The Balaban J connectivity index is 1.71. The first kappa shape index (κ1) is 22.3. The van der Waals surface area contributed by atoms with Crippen molar-refractivity contribution in [1.29, 1.82) is 0 Å². The molecule has 0 aliphatic heterocycles. The topological polar surface area (TPSA) is 9.23 Å². The van der Waals surface area contributed by atoms with Crippen LogP contribution >= 0.6 is 0 Å². The highest BCUT2D eigenvalue weighted by Crippen LogP contribution is 2.32. The molecule has 0 saturated heterocycles. The summed E-state index contributed by atoms with van der Waals surface area (Å²) >= 11 is 0. The van der Waals surface area contributed by atoms with Gasteiger partial charge in [-0.15, -0.1) is 0 Å². The molecule has 4 aromatic carbocycles. The van der Waals surface area contributed by atoms with E-state index in [1.54, 1.807) is 6.92 Å². The molecule has 0 atom stereocenters. The summed E-state index contributed by atoms with van der Waals surface area (Å²) < 4.78 is 90.2. The molecule has 0 spiro atoms. The minimum absolute atomic E-state index is 0.0432. The number of benzene rings is 4. The van der Waals surface area contributed by atoms with Gasteiger partial charge in [0.2, 0.25) is 0 Å². The Bertz CT molecular complexity index is 1400. The quantitative estimate of drug-likeness (QED) is 0.235. The maximum Gasteiger partial charge on any atom is 0.166 e. The SMILES string of the molecule is CCOc1cc(F)c(-c2cc(F)c(C#Cc3ccc4c(F)c(F)ccc4c3)c(F)c2)c(F)c1. The molecule has 0 aliphatic carbocycles. The normalized spacial score (nSPS) is 10.8. The van der Waals surface area contributed by atoms with Gasteiger partial charge in [-0.2, -0.15) is 0 Å². The zero-order valence-electron chi connectivity index (χ0n) is 17.1. The van der Waals surface area contributed by atoms with Crippen LogP contribution in [0, 0.1) is 46.7 Å². The van der Waals surface area contributed by atoms with Gasteiger partial charge in [-0.1, -0.05) is 24.0 Å². The van der Waals surface area contributed by atoms with Gasteiger partial charge in [0, 0.05) is 23.1 Å². The molecule has 33 heavy (non-hydrogen) atoms. The van der Waals surface area contributed by atoms with E-state index in [-0.39, 0.29) is 23.3 Å². The van der Waals surface area contributed by atoms with Crippen LogP contribution < -0.4 is 4.74 Å². The van der Waals surface area contributed by atoms with Crippen LogP contribution in [-0.2, 0) is 0 Å². The average molecular weight is 456 g/mol. The summed E-state index contributed by atoms with van der Waals surface area (Å²) in [6, 6.07) is 9.89. The molecule has 166 valence electrons. The molecule has 0 aromatic heterocycles. The van der Waals surface area contributed by atoms with Crippen molar-refractivity contribution in [1.82, 2.24) is 0 Å². The molecule has 1 nitrogen and oxygen atoms in total. The van der Waals surface area contributed by atoms with E-state index in [4.69, 9.17) is 4.74 Å². The second kappa shape index (κ2) is 8.91. The summed E-state index contributed by atoms with van der Waals surface area (Å²) in [5.41, 5.74) is -1.23. The van der Waals surface area contributed by atoms with Crippen molar-refractivity contribution >= 4 is 10.8 Å². The molecule has 0 aliphatic rings. The van der Waals surface area contributed by atoms with E-state index in [0.717, 1.165) is 30.3 Å². The monoisotopic (exact) mass is 456 g/mol. The highest BCUT2D eigenvalue weighted by molar-refractivity contribution is 5.84. The molecular weight excluding hydrogens is 442 g/mol. The predicted molar refractivity (Wildman–Crippen MR) is 113 cm³/mol. The van der Waals surface area contributed by atoms with Crippen molar-refractivity contribution in [3.8, 4) is 28.7 Å². The maximum atomic E-state index is 14.6. The van der Waals surface area contributed by atoms with Crippen molar-refractivity contribution in [3.05, 3.63) is 101 Å². The molecule has 0 saturated carbocycles. The van der Waals surface area contributed by atoms with Gasteiger partial charge in [-0.25, -0.2) is 26.3 Å². The third-order valence-corrected chi connectivity index (χ3v) is 4.90. The summed E-state index contributed by atoms with van der Waals surface area (Å²) in [5, 5.41) is 0.403. The molecule has 0 amide bonds. The largest absolute Gasteiger partial charge is 0.494 e. The first-order chi connectivity index (χ1) is 15.8. The second-order valence-corrected chi connectivity index (χ2v) is 7.06. The Morgan fingerprint density at radius 3 is 2.00 bits per heavy atom. The standard InChI is InChI=1S/C26H14F6O/c1-2-33-17-12-23(30)25(24(31)13-17)16-10-21(28)19(22(29)11-16)7-4-14-3-6-18-15(9-14)5-8-20(27)26(18)32/h3,5-6,8-13H,2H2,1H3. The number of fused-ring (bicyclic) bond motifs is 1. The van der Waals surface area contributed by atoms with E-state index in [2.05, 4.69) is 11.8 Å². The summed E-state index contributed by atoms with van der Waals surface area (Å²) in [4.78, 5) is 0. The van der Waals surface area contributed by atoms with Crippen LogP contribution in [-0.4, -0.2) is 6.61 Å². The summed E-state index contributed by atoms with van der Waals surface area (Å²) in [5.74, 6) is -1.42. The van der Waals surface area contributed by atoms with Crippen LogP contribution in [0.25, 0.3) is 21.9 Å². The van der Waals surface area contributed by atoms with E-state index >= 15 is 0 Å². The fourth-order valence-corrected chi connectivity index (χ4v) is 3.39. The van der Waals surface area contributed by atoms with Crippen LogP contribution in [0.5, 0.6) is 5.75 Å². The van der Waals surface area contributed by atoms with Crippen LogP contribution in [0.2, 0.25) is 0 Å². The lowest BCUT2D eigenvalue weighted by molar-refractivity contribution is 0.336. The van der Waals surface area contributed by atoms with E-state index in [0.29, 0.717) is 10.9 Å². The van der Waals surface area contributed by atoms with Crippen LogP contribution in [0.3, 0.4) is 0 Å². The van der Waals surface area contributed by atoms with Gasteiger partial charge in [0.15, 0.2) is 11.6 Å². The Labute approximate surface area is 185 Å². The fraction of sp³-hybridized carbons (Fsp3) is 0.0769. The fourth-order valence-electron chi connectivity index (χ4n) is 3.39. The summed E-state index contributed by atoms with van der Waals surface area (Å²) in [6.07, 6.45) is 0. The highest BCUT2D eigenvalue weighted by Gasteiger charge is 2.18. The number of halogens is 6. The van der Waals surface area contributed by atoms with E-state index in [9.17, 15) is 26.3 Å². The van der Waals surface area contributed by atoms with Gasteiger partial charge in [-0.05, 0) is 48.2 Å². The predicted octanol–water partition coefficient (Wildman–Crippen LogP) is 7.14. The van der Waals surface area contributed by atoms with Crippen LogP contribution in [0.1, 0.15) is 18.1 Å². The van der Waals surface area contributed by atoms with Gasteiger partial charge in [0.05, 0.1) is 17.7 Å². The minimum atomic E-state index is -1.11. The molecule has 0 fully saturated rings. The number of hydrogen-bond acceptors (Lipinski definition) is 1. The van der Waals surface area contributed by atoms with Gasteiger partial charge in [-0.3, -0.25) is 0 Å². The third kappa shape index (κ3) is 4.37. The molecule has 7 heteroatoms. The van der Waals surface area contributed by atoms with Crippen LogP contribution in [0.4, 0.5) is 26.3 Å². The average Bonchev–Trinajstić information content (AvgIpc) is 2.75. The van der Waals surface area contributed by atoms with Crippen molar-refractivity contribution < 1.29 is 31.1 Å². The maximum absolute atomic E-state index is 14.6. The lowest BCUT2D eigenvalue weighted by Gasteiger charge is -2.10. The molecule has 0 heterocycles. The smallest absolute Gasteiger partial charge is 0.166 e. The summed E-state index contributed by atoms with van der Waals surface area (Å²) in [6.45, 7) is 1.84. The number of hydrogen-bond donors (Lipinski definition) is 0. The van der Waals surface area contributed by atoms with Crippen molar-refractivity contribution in [2.24, 2.45) is 0 Å². The van der Waals surface area contributed by atoms with E-state index in [1.807, 2.05) is 0 Å². The lowest BCUT2D eigenvalue weighted by atomic mass is 10.0. The first-order valence-corrected chi connectivity index (χ1v) is 9.79. The van der Waals surface area contributed by atoms with Crippen molar-refractivity contribution in [3.63, 3.8) is 0 Å². The van der Waals surface area contributed by atoms with Gasteiger partial charge < -0.3 is 4.74 Å². The Kier molecular flexibility index (Phi) is 6.01. The van der Waals surface area contributed by atoms with Crippen molar-refractivity contribution in [2.75, 3.05) is 6.61 Å². The molecule has 0 N–H and O–H groups in total.